The predicted octanol–water partition coefficient (Wildman–Crippen LogP) is 1.35. The molecule has 1 aromatic rings. The fraction of sp³-hybridized carbons (Fsp3) is 0.688. The summed E-state index contributed by atoms with van der Waals surface area (Å²) in [4.78, 5) is 19.7. The van der Waals surface area contributed by atoms with Crippen LogP contribution in [0.5, 0.6) is 0 Å². The van der Waals surface area contributed by atoms with E-state index in [2.05, 4.69) is 16.8 Å². The number of aromatic nitrogens is 1. The monoisotopic (exact) mass is 293 g/mol. The Labute approximate surface area is 126 Å². The van der Waals surface area contributed by atoms with Crippen molar-refractivity contribution in [2.24, 2.45) is 5.92 Å². The lowest BCUT2D eigenvalue weighted by atomic mass is 9.96. The Kier molecular flexibility index (Phi) is 5.82. The first-order valence-corrected chi connectivity index (χ1v) is 7.90. The molecule has 0 spiro atoms. The molecule has 118 valence electrons. The summed E-state index contributed by atoms with van der Waals surface area (Å²) in [6.45, 7) is 5.93. The summed E-state index contributed by atoms with van der Waals surface area (Å²) in [6, 6.07) is 3.86. The lowest BCUT2D eigenvalue weighted by Crippen LogP contribution is -2.40. The van der Waals surface area contributed by atoms with Gasteiger partial charge in [0.1, 0.15) is 5.69 Å². The number of rotatable bonds is 6. The predicted molar refractivity (Wildman–Crippen MR) is 83.4 cm³/mol. The minimum absolute atomic E-state index is 0.0764. The molecule has 0 unspecified atom stereocenters. The first kappa shape index (κ1) is 16.0. The second-order valence-corrected chi connectivity index (χ2v) is 5.95. The average Bonchev–Trinajstić information content (AvgIpc) is 2.97. The minimum atomic E-state index is 0.0764. The number of hydrogen-bond acceptors (Lipinski definition) is 3. The number of piperidine rings is 1. The molecule has 5 nitrogen and oxygen atoms in total. The van der Waals surface area contributed by atoms with Crippen LogP contribution in [-0.4, -0.2) is 65.6 Å². The van der Waals surface area contributed by atoms with E-state index in [4.69, 9.17) is 5.11 Å². The molecule has 1 amide bonds. The maximum Gasteiger partial charge on any atom is 0.270 e. The number of nitrogens with one attached hydrogen (secondary N) is 1. The normalized spacial score (nSPS) is 17.1. The van der Waals surface area contributed by atoms with Crippen molar-refractivity contribution < 1.29 is 9.90 Å². The zero-order chi connectivity index (χ0) is 15.2. The second-order valence-electron chi connectivity index (χ2n) is 5.95. The van der Waals surface area contributed by atoms with Gasteiger partial charge in [0.15, 0.2) is 0 Å². The third kappa shape index (κ3) is 4.32. The van der Waals surface area contributed by atoms with E-state index >= 15 is 0 Å². The Morgan fingerprint density at radius 1 is 1.43 bits per heavy atom. The van der Waals surface area contributed by atoms with Gasteiger partial charge in [-0.05, 0) is 50.4 Å². The quantitative estimate of drug-likeness (QED) is 0.832. The second kappa shape index (κ2) is 7.61. The number of hydrogen-bond donors (Lipinski definition) is 2. The molecule has 0 aliphatic carbocycles. The van der Waals surface area contributed by atoms with Crippen LogP contribution in [0.25, 0.3) is 0 Å². The molecule has 1 fully saturated rings. The molecule has 0 radical (unpaired) electrons. The fourth-order valence-corrected chi connectivity index (χ4v) is 2.98. The number of aliphatic hydroxyl groups is 1. The minimum Gasteiger partial charge on any atom is -0.395 e. The summed E-state index contributed by atoms with van der Waals surface area (Å²) in [6.07, 6.45) is 3.12. The fourth-order valence-electron chi connectivity index (χ4n) is 2.98. The molecule has 1 saturated heterocycles. The molecule has 0 atom stereocenters. The van der Waals surface area contributed by atoms with E-state index in [9.17, 15) is 4.79 Å². The van der Waals surface area contributed by atoms with E-state index in [-0.39, 0.29) is 12.5 Å². The first-order chi connectivity index (χ1) is 10.1. The van der Waals surface area contributed by atoms with Gasteiger partial charge < -0.3 is 19.9 Å². The highest BCUT2D eigenvalue weighted by Gasteiger charge is 2.22. The molecule has 1 aliphatic heterocycles. The number of carbonyl (C=O) groups excluding carboxylic acids is 1. The van der Waals surface area contributed by atoms with Crippen molar-refractivity contribution in [3.8, 4) is 0 Å². The van der Waals surface area contributed by atoms with Crippen LogP contribution in [0.2, 0.25) is 0 Å². The highest BCUT2D eigenvalue weighted by Crippen LogP contribution is 2.18. The molecule has 2 N–H and O–H groups in total. The molecule has 2 rings (SSSR count). The number of aliphatic hydroxyl groups excluding tert-OH is 1. The van der Waals surface area contributed by atoms with Gasteiger partial charge in [0.05, 0.1) is 6.61 Å². The molecule has 21 heavy (non-hydrogen) atoms. The largest absolute Gasteiger partial charge is 0.395 e. The summed E-state index contributed by atoms with van der Waals surface area (Å²) in [7, 11) is 1.88. The molecular formula is C16H27N3O2. The number of H-pyrrole nitrogens is 1. The van der Waals surface area contributed by atoms with E-state index in [0.29, 0.717) is 11.6 Å². The van der Waals surface area contributed by atoms with Gasteiger partial charge in [0.25, 0.3) is 5.91 Å². The topological polar surface area (TPSA) is 59.6 Å². The number of aryl methyl sites for hydroxylation is 1. The molecule has 1 aromatic heterocycles. The first-order valence-electron chi connectivity index (χ1n) is 7.90. The smallest absolute Gasteiger partial charge is 0.270 e. The summed E-state index contributed by atoms with van der Waals surface area (Å²) < 4.78 is 0. The standard InChI is InChI=1S/C16H27N3O2/c1-3-14-4-5-15(17-14)16(21)18(2)12-13-6-8-19(9-7-13)10-11-20/h4-5,13,17,20H,3,6-12H2,1-2H3. The van der Waals surface area contributed by atoms with Gasteiger partial charge in [-0.3, -0.25) is 4.79 Å². The van der Waals surface area contributed by atoms with E-state index in [1.54, 1.807) is 0 Å². The van der Waals surface area contributed by atoms with Crippen LogP contribution in [0, 0.1) is 5.92 Å². The number of carbonyl (C=O) groups is 1. The molecule has 5 heteroatoms. The molecule has 1 aliphatic rings. The van der Waals surface area contributed by atoms with Crippen LogP contribution >= 0.6 is 0 Å². The maximum absolute atomic E-state index is 12.4. The average molecular weight is 293 g/mol. The van der Waals surface area contributed by atoms with Gasteiger partial charge >= 0.3 is 0 Å². The molecule has 0 saturated carbocycles. The van der Waals surface area contributed by atoms with Gasteiger partial charge in [0, 0.05) is 25.8 Å². The third-order valence-corrected chi connectivity index (χ3v) is 4.36. The molecular weight excluding hydrogens is 266 g/mol. The van der Waals surface area contributed by atoms with Crippen molar-refractivity contribution >= 4 is 5.91 Å². The van der Waals surface area contributed by atoms with Crippen molar-refractivity contribution in [2.45, 2.75) is 26.2 Å². The highest BCUT2D eigenvalue weighted by molar-refractivity contribution is 5.92. The summed E-state index contributed by atoms with van der Waals surface area (Å²) in [5, 5.41) is 8.95. The van der Waals surface area contributed by atoms with Crippen LogP contribution in [0.4, 0.5) is 0 Å². The van der Waals surface area contributed by atoms with Crippen LogP contribution in [0.15, 0.2) is 12.1 Å². The lowest BCUT2D eigenvalue weighted by molar-refractivity contribution is 0.0728. The Hall–Kier alpha value is -1.33. The van der Waals surface area contributed by atoms with Crippen LogP contribution in [-0.2, 0) is 6.42 Å². The third-order valence-electron chi connectivity index (χ3n) is 4.36. The van der Waals surface area contributed by atoms with Crippen LogP contribution < -0.4 is 0 Å². The van der Waals surface area contributed by atoms with Gasteiger partial charge in [-0.15, -0.1) is 0 Å². The van der Waals surface area contributed by atoms with Gasteiger partial charge in [-0.1, -0.05) is 6.92 Å². The van der Waals surface area contributed by atoms with E-state index in [1.165, 1.54) is 0 Å². The van der Waals surface area contributed by atoms with Gasteiger partial charge in [-0.2, -0.15) is 0 Å². The van der Waals surface area contributed by atoms with Gasteiger partial charge in [0.2, 0.25) is 0 Å². The van der Waals surface area contributed by atoms with Crippen molar-refractivity contribution in [3.05, 3.63) is 23.5 Å². The molecule has 2 heterocycles. The Balaban J connectivity index is 1.81. The number of β-amino-alcohol motifs (C(OH)–C–C–N with tert-alkyl or cyclic N) is 1. The SMILES string of the molecule is CCc1ccc(C(=O)N(C)CC2CCN(CCO)CC2)[nH]1. The number of likely N-dealkylation sites (tertiary alicyclic amines) is 1. The molecule has 0 bridgehead atoms. The van der Waals surface area contributed by atoms with E-state index < -0.39 is 0 Å². The number of aromatic amines is 1. The summed E-state index contributed by atoms with van der Waals surface area (Å²) in [5.41, 5.74) is 1.79. The van der Waals surface area contributed by atoms with Gasteiger partial charge in [-0.25, -0.2) is 0 Å². The van der Waals surface area contributed by atoms with Crippen molar-refractivity contribution in [2.75, 3.05) is 39.8 Å². The zero-order valence-corrected chi connectivity index (χ0v) is 13.1. The Morgan fingerprint density at radius 2 is 2.14 bits per heavy atom. The number of amides is 1. The number of nitrogens with zero attached hydrogens (tertiary/aromatic N) is 2. The highest BCUT2D eigenvalue weighted by atomic mass is 16.3. The van der Waals surface area contributed by atoms with E-state index in [0.717, 1.165) is 51.1 Å². The zero-order valence-electron chi connectivity index (χ0n) is 13.1. The van der Waals surface area contributed by atoms with Crippen molar-refractivity contribution in [1.82, 2.24) is 14.8 Å². The van der Waals surface area contributed by atoms with E-state index in [1.807, 2.05) is 24.1 Å². The molecule has 0 aromatic carbocycles. The Morgan fingerprint density at radius 3 is 2.71 bits per heavy atom. The Bertz CT molecular complexity index is 450. The summed E-state index contributed by atoms with van der Waals surface area (Å²) >= 11 is 0. The van der Waals surface area contributed by atoms with Crippen LogP contribution in [0.1, 0.15) is 35.9 Å². The van der Waals surface area contributed by atoms with Crippen molar-refractivity contribution in [3.63, 3.8) is 0 Å². The van der Waals surface area contributed by atoms with Crippen LogP contribution in [0.3, 0.4) is 0 Å². The summed E-state index contributed by atoms with van der Waals surface area (Å²) in [5.74, 6) is 0.641. The maximum atomic E-state index is 12.4. The lowest BCUT2D eigenvalue weighted by Gasteiger charge is -2.33. The van der Waals surface area contributed by atoms with Crippen molar-refractivity contribution in [1.29, 1.82) is 0 Å².